The monoisotopic (exact) mass is 512 g/mol. The van der Waals surface area contributed by atoms with Gasteiger partial charge >= 0.3 is 12.1 Å². The highest BCUT2D eigenvalue weighted by Crippen LogP contribution is 2.41. The summed E-state index contributed by atoms with van der Waals surface area (Å²) in [5.41, 5.74) is -0.343. The minimum atomic E-state index is -4.60. The molecule has 186 valence electrons. The Hall–Kier alpha value is -3.29. The fraction of sp³-hybridized carbons (Fsp3) is 0.476. The second-order valence-electron chi connectivity index (χ2n) is 8.73. The van der Waals surface area contributed by atoms with Gasteiger partial charge in [0.2, 0.25) is 5.95 Å². The number of halogens is 4. The number of hydrogen-bond donors (Lipinski definition) is 2. The number of anilines is 2. The highest BCUT2D eigenvalue weighted by molar-refractivity contribution is 7.12. The molecule has 3 aromatic heterocycles. The first-order valence-electron chi connectivity index (χ1n) is 10.8. The van der Waals surface area contributed by atoms with Crippen LogP contribution in [0.3, 0.4) is 0 Å². The minimum absolute atomic E-state index is 0.0665. The van der Waals surface area contributed by atoms with E-state index in [1.165, 1.54) is 24.7 Å². The second kappa shape index (κ2) is 8.43. The van der Waals surface area contributed by atoms with Gasteiger partial charge in [-0.15, -0.1) is 21.5 Å². The van der Waals surface area contributed by atoms with Gasteiger partial charge in [-0.3, -0.25) is 14.0 Å². The number of aryl methyl sites for hydroxylation is 2. The van der Waals surface area contributed by atoms with E-state index in [1.54, 1.807) is 4.57 Å². The van der Waals surface area contributed by atoms with E-state index in [4.69, 9.17) is 0 Å². The summed E-state index contributed by atoms with van der Waals surface area (Å²) in [7, 11) is 1.37. The Bertz CT molecular complexity index is 1310. The molecule has 3 aromatic rings. The Morgan fingerprint density at radius 2 is 2.09 bits per heavy atom. The van der Waals surface area contributed by atoms with Crippen molar-refractivity contribution in [3.63, 3.8) is 0 Å². The smallest absolute Gasteiger partial charge is 0.435 e. The number of aromatic nitrogens is 5. The van der Waals surface area contributed by atoms with Crippen molar-refractivity contribution in [3.05, 3.63) is 39.0 Å². The topological polar surface area (TPSA) is 115 Å². The van der Waals surface area contributed by atoms with Crippen LogP contribution in [-0.2, 0) is 37.3 Å². The van der Waals surface area contributed by atoms with Crippen molar-refractivity contribution in [1.82, 2.24) is 24.5 Å². The molecule has 9 nitrogen and oxygen atoms in total. The summed E-state index contributed by atoms with van der Waals surface area (Å²) < 4.78 is 55.0. The van der Waals surface area contributed by atoms with Crippen molar-refractivity contribution in [2.24, 2.45) is 13.0 Å². The minimum Gasteiger partial charge on any atom is -0.478 e. The van der Waals surface area contributed by atoms with Crippen molar-refractivity contribution in [2.75, 3.05) is 5.32 Å². The third kappa shape index (κ3) is 4.42. The van der Waals surface area contributed by atoms with Crippen molar-refractivity contribution < 1.29 is 32.3 Å². The second-order valence-corrected chi connectivity index (χ2v) is 9.92. The summed E-state index contributed by atoms with van der Waals surface area (Å²) in [6.45, 7) is 0. The maximum absolute atomic E-state index is 13.3. The molecule has 2 N–H and O–H groups in total. The Balaban J connectivity index is 1.39. The fourth-order valence-electron chi connectivity index (χ4n) is 4.46. The lowest BCUT2D eigenvalue weighted by Gasteiger charge is -2.25. The van der Waals surface area contributed by atoms with Crippen LogP contribution in [0.15, 0.2) is 12.4 Å². The number of Topliss-reactive ketones (excluding diaryl/α,β-unsaturated/α-hetero) is 1. The van der Waals surface area contributed by atoms with Gasteiger partial charge in [-0.2, -0.15) is 18.3 Å². The number of carbonyl (C=O) groups excluding carboxylic acids is 1. The number of rotatable bonds is 7. The van der Waals surface area contributed by atoms with Gasteiger partial charge in [0.15, 0.2) is 5.69 Å². The number of hydrogen-bond acceptors (Lipinski definition) is 7. The molecular formula is C21H20F4N6O3S. The first-order chi connectivity index (χ1) is 16.5. The highest BCUT2D eigenvalue weighted by Gasteiger charge is 2.44. The number of carbonyl (C=O) groups is 2. The third-order valence-electron chi connectivity index (χ3n) is 6.36. The lowest BCUT2D eigenvalue weighted by atomic mass is 9.90. The molecule has 3 atom stereocenters. The molecule has 3 heterocycles. The largest absolute Gasteiger partial charge is 0.478 e. The van der Waals surface area contributed by atoms with Crippen LogP contribution in [0.25, 0.3) is 0 Å². The number of nitrogens with zero attached hydrogens (tertiary/aromatic N) is 5. The van der Waals surface area contributed by atoms with Gasteiger partial charge in [-0.05, 0) is 31.2 Å². The van der Waals surface area contributed by atoms with Gasteiger partial charge in [0.05, 0.1) is 11.5 Å². The Kier molecular flexibility index (Phi) is 5.65. The summed E-state index contributed by atoms with van der Waals surface area (Å²) >= 11 is 1.28. The predicted molar refractivity (Wildman–Crippen MR) is 116 cm³/mol. The van der Waals surface area contributed by atoms with Crippen LogP contribution in [0.4, 0.5) is 29.3 Å². The summed E-state index contributed by atoms with van der Waals surface area (Å²) in [5, 5.41) is 24.0. The molecular weight excluding hydrogens is 492 g/mol. The summed E-state index contributed by atoms with van der Waals surface area (Å²) in [6, 6.07) is 0.607. The summed E-state index contributed by atoms with van der Waals surface area (Å²) in [6.07, 6.45) is -2.72. The summed E-state index contributed by atoms with van der Waals surface area (Å²) in [4.78, 5) is 25.7. The van der Waals surface area contributed by atoms with E-state index >= 15 is 0 Å². The Morgan fingerprint density at radius 3 is 2.71 bits per heavy atom. The van der Waals surface area contributed by atoms with Crippen LogP contribution in [0.5, 0.6) is 0 Å². The molecule has 14 heteroatoms. The fourth-order valence-corrected chi connectivity index (χ4v) is 5.81. The average Bonchev–Trinajstić information content (AvgIpc) is 3.11. The Labute approximate surface area is 199 Å². The third-order valence-corrected chi connectivity index (χ3v) is 7.65. The number of thiophene rings is 1. The van der Waals surface area contributed by atoms with Gasteiger partial charge in [-0.1, -0.05) is 0 Å². The van der Waals surface area contributed by atoms with E-state index < -0.39 is 29.9 Å². The number of nitrogens with one attached hydrogen (secondary N) is 1. The van der Waals surface area contributed by atoms with Gasteiger partial charge in [-0.25, -0.2) is 9.18 Å². The maximum atomic E-state index is 13.3. The maximum Gasteiger partial charge on any atom is 0.435 e. The van der Waals surface area contributed by atoms with Crippen LogP contribution >= 0.6 is 11.3 Å². The van der Waals surface area contributed by atoms with E-state index in [0.29, 0.717) is 29.7 Å². The standard InChI is InChI=1S/C21H20F4N6O3S/c1-30-17(7-16(29-30)21(23,24)25)27-20-28-26-8-31(20)9-2-3-14-11(4-9)18(19(33)34)15(35-14)6-13(32)10-5-12(10)22/h7-10,12H,2-6H2,1H3,(H,27,28)(H,33,34)/t9-,10-,12+/m0/s1. The Morgan fingerprint density at radius 1 is 1.34 bits per heavy atom. The number of aromatic carboxylic acids is 1. The van der Waals surface area contributed by atoms with Crippen LogP contribution in [-0.4, -0.2) is 47.6 Å². The number of carboxylic acids is 1. The lowest BCUT2D eigenvalue weighted by Crippen LogP contribution is -2.20. The number of carboxylic acid groups (broad SMARTS) is 1. The molecule has 1 fully saturated rings. The van der Waals surface area contributed by atoms with E-state index in [-0.39, 0.29) is 42.0 Å². The van der Waals surface area contributed by atoms with Crippen LogP contribution in [0.1, 0.15) is 50.3 Å². The predicted octanol–water partition coefficient (Wildman–Crippen LogP) is 3.73. The van der Waals surface area contributed by atoms with Crippen molar-refractivity contribution in [3.8, 4) is 0 Å². The zero-order chi connectivity index (χ0) is 25.1. The average molecular weight is 512 g/mol. The van der Waals surface area contributed by atoms with Gasteiger partial charge < -0.3 is 10.4 Å². The van der Waals surface area contributed by atoms with Gasteiger partial charge in [0, 0.05) is 35.3 Å². The first kappa shape index (κ1) is 23.5. The van der Waals surface area contributed by atoms with E-state index in [2.05, 4.69) is 20.6 Å². The van der Waals surface area contributed by atoms with E-state index in [9.17, 15) is 32.3 Å². The molecule has 0 spiro atoms. The molecule has 2 aliphatic rings. The van der Waals surface area contributed by atoms with Gasteiger partial charge in [0.25, 0.3) is 0 Å². The summed E-state index contributed by atoms with van der Waals surface area (Å²) in [5.74, 6) is -1.80. The van der Waals surface area contributed by atoms with Crippen LogP contribution in [0.2, 0.25) is 0 Å². The molecule has 5 rings (SSSR count). The molecule has 0 amide bonds. The zero-order valence-electron chi connectivity index (χ0n) is 18.3. The molecule has 0 saturated heterocycles. The molecule has 0 aromatic carbocycles. The van der Waals surface area contributed by atoms with Crippen LogP contribution in [0, 0.1) is 5.92 Å². The van der Waals surface area contributed by atoms with Crippen LogP contribution < -0.4 is 5.32 Å². The lowest BCUT2D eigenvalue weighted by molar-refractivity contribution is -0.141. The number of ketones is 1. The molecule has 0 aliphatic heterocycles. The van der Waals surface area contributed by atoms with Crippen molar-refractivity contribution in [1.29, 1.82) is 0 Å². The van der Waals surface area contributed by atoms with Crippen molar-refractivity contribution in [2.45, 2.75) is 50.5 Å². The number of fused-ring (bicyclic) bond motifs is 1. The molecule has 0 bridgehead atoms. The van der Waals surface area contributed by atoms with Crippen molar-refractivity contribution >= 4 is 34.9 Å². The molecule has 1 saturated carbocycles. The molecule has 0 unspecified atom stereocenters. The van der Waals surface area contributed by atoms with E-state index in [0.717, 1.165) is 15.6 Å². The molecule has 0 radical (unpaired) electrons. The molecule has 2 aliphatic carbocycles. The normalized spacial score (nSPS) is 21.6. The van der Waals surface area contributed by atoms with Gasteiger partial charge in [0.1, 0.15) is 24.1 Å². The molecule has 35 heavy (non-hydrogen) atoms. The van der Waals surface area contributed by atoms with E-state index in [1.807, 2.05) is 0 Å². The zero-order valence-corrected chi connectivity index (χ0v) is 19.2. The SMILES string of the molecule is Cn1nc(C(F)(F)F)cc1Nc1nncn1[C@H]1CCc2sc(CC(=O)[C@H]3C[C@H]3F)c(C(=O)O)c2C1. The quantitative estimate of drug-likeness (QED) is 0.464. The first-order valence-corrected chi connectivity index (χ1v) is 11.7. The highest BCUT2D eigenvalue weighted by atomic mass is 32.1. The number of alkyl halides is 4.